The molecule has 0 radical (unpaired) electrons. The van der Waals surface area contributed by atoms with Crippen molar-refractivity contribution < 1.29 is 4.79 Å². The van der Waals surface area contributed by atoms with Crippen LogP contribution in [0, 0.1) is 0 Å². The van der Waals surface area contributed by atoms with Gasteiger partial charge in [-0.2, -0.15) is 0 Å². The van der Waals surface area contributed by atoms with Crippen LogP contribution in [0.3, 0.4) is 0 Å². The SMILES string of the molecule is C=CCN(Cc1cccs1)C(=O)c1ccc(-n2ccnc2)cc1. The zero-order valence-corrected chi connectivity index (χ0v) is 13.4. The van der Waals surface area contributed by atoms with Crippen LogP contribution >= 0.6 is 11.3 Å². The van der Waals surface area contributed by atoms with Crippen molar-refractivity contribution in [2.24, 2.45) is 0 Å². The van der Waals surface area contributed by atoms with Crippen molar-refractivity contribution in [3.63, 3.8) is 0 Å². The van der Waals surface area contributed by atoms with Crippen LogP contribution in [0.2, 0.25) is 0 Å². The van der Waals surface area contributed by atoms with Crippen LogP contribution in [0.5, 0.6) is 0 Å². The molecule has 0 aliphatic carbocycles. The van der Waals surface area contributed by atoms with Gasteiger partial charge in [-0.05, 0) is 35.7 Å². The van der Waals surface area contributed by atoms with Gasteiger partial charge in [-0.1, -0.05) is 12.1 Å². The molecule has 1 amide bonds. The molecule has 5 heteroatoms. The van der Waals surface area contributed by atoms with E-state index in [1.165, 1.54) is 0 Å². The van der Waals surface area contributed by atoms with Crippen molar-refractivity contribution in [1.29, 1.82) is 0 Å². The molecule has 0 aliphatic heterocycles. The third-order valence-corrected chi connectivity index (χ3v) is 4.34. The summed E-state index contributed by atoms with van der Waals surface area (Å²) in [4.78, 5) is 19.7. The lowest BCUT2D eigenvalue weighted by Gasteiger charge is -2.20. The van der Waals surface area contributed by atoms with E-state index >= 15 is 0 Å². The lowest BCUT2D eigenvalue weighted by molar-refractivity contribution is 0.0764. The van der Waals surface area contributed by atoms with Gasteiger partial charge in [-0.25, -0.2) is 4.98 Å². The van der Waals surface area contributed by atoms with Crippen LogP contribution in [0.15, 0.2) is 73.2 Å². The molecule has 2 aromatic heterocycles. The molecule has 116 valence electrons. The zero-order valence-electron chi connectivity index (χ0n) is 12.6. The lowest BCUT2D eigenvalue weighted by Crippen LogP contribution is -2.30. The van der Waals surface area contributed by atoms with Crippen LogP contribution in [0.4, 0.5) is 0 Å². The second-order valence-electron chi connectivity index (χ2n) is 5.07. The van der Waals surface area contributed by atoms with Crippen molar-refractivity contribution in [3.8, 4) is 5.69 Å². The third-order valence-electron chi connectivity index (χ3n) is 3.48. The normalized spacial score (nSPS) is 10.4. The molecule has 0 bridgehead atoms. The summed E-state index contributed by atoms with van der Waals surface area (Å²) in [6.07, 6.45) is 7.09. The number of benzene rings is 1. The van der Waals surface area contributed by atoms with Gasteiger partial charge in [0.2, 0.25) is 0 Å². The van der Waals surface area contributed by atoms with Gasteiger partial charge < -0.3 is 9.47 Å². The fraction of sp³-hybridized carbons (Fsp3) is 0.111. The highest BCUT2D eigenvalue weighted by molar-refractivity contribution is 7.09. The molecule has 3 aromatic rings. The first-order valence-corrected chi connectivity index (χ1v) is 8.17. The maximum absolute atomic E-state index is 12.7. The summed E-state index contributed by atoms with van der Waals surface area (Å²) in [5.41, 5.74) is 1.65. The van der Waals surface area contributed by atoms with Gasteiger partial charge in [0.05, 0.1) is 12.9 Å². The molecule has 3 rings (SSSR count). The van der Waals surface area contributed by atoms with E-state index in [-0.39, 0.29) is 5.91 Å². The smallest absolute Gasteiger partial charge is 0.254 e. The molecule has 0 fully saturated rings. The van der Waals surface area contributed by atoms with Crippen LogP contribution in [0.25, 0.3) is 5.69 Å². The van der Waals surface area contributed by atoms with Gasteiger partial charge in [0, 0.05) is 35.1 Å². The number of carbonyl (C=O) groups excluding carboxylic acids is 1. The summed E-state index contributed by atoms with van der Waals surface area (Å²) in [5.74, 6) is 0.00970. The Labute approximate surface area is 139 Å². The highest BCUT2D eigenvalue weighted by Gasteiger charge is 2.15. The summed E-state index contributed by atoms with van der Waals surface area (Å²) in [5, 5.41) is 2.02. The zero-order chi connectivity index (χ0) is 16.1. The molecule has 4 nitrogen and oxygen atoms in total. The summed E-state index contributed by atoms with van der Waals surface area (Å²) in [6, 6.07) is 11.6. The molecular weight excluding hydrogens is 306 g/mol. The number of thiophene rings is 1. The van der Waals surface area contributed by atoms with Crippen molar-refractivity contribution in [2.45, 2.75) is 6.54 Å². The Morgan fingerprint density at radius 2 is 2.13 bits per heavy atom. The Bertz CT molecular complexity index is 761. The molecule has 0 atom stereocenters. The summed E-state index contributed by atoms with van der Waals surface area (Å²) in [7, 11) is 0. The molecule has 0 saturated carbocycles. The molecular formula is C18H17N3OS. The highest BCUT2D eigenvalue weighted by atomic mass is 32.1. The Kier molecular flexibility index (Phi) is 4.68. The van der Waals surface area contributed by atoms with Crippen LogP contribution in [0.1, 0.15) is 15.2 Å². The number of hydrogen-bond donors (Lipinski definition) is 0. The van der Waals surface area contributed by atoms with E-state index < -0.39 is 0 Å². The monoisotopic (exact) mass is 323 g/mol. The molecule has 1 aromatic carbocycles. The van der Waals surface area contributed by atoms with E-state index in [4.69, 9.17) is 0 Å². The lowest BCUT2D eigenvalue weighted by atomic mass is 10.1. The van der Waals surface area contributed by atoms with Crippen LogP contribution in [-0.4, -0.2) is 26.9 Å². The average Bonchev–Trinajstić information content (AvgIpc) is 3.28. The van der Waals surface area contributed by atoms with Crippen molar-refractivity contribution in [1.82, 2.24) is 14.5 Å². The minimum absolute atomic E-state index is 0.00970. The van der Waals surface area contributed by atoms with E-state index in [0.717, 1.165) is 10.6 Å². The summed E-state index contributed by atoms with van der Waals surface area (Å²) in [6.45, 7) is 4.88. The highest BCUT2D eigenvalue weighted by Crippen LogP contribution is 2.16. The minimum atomic E-state index is 0.00970. The molecule has 0 spiro atoms. The Morgan fingerprint density at radius 1 is 1.30 bits per heavy atom. The van der Waals surface area contributed by atoms with Crippen molar-refractivity contribution >= 4 is 17.2 Å². The van der Waals surface area contributed by atoms with Crippen molar-refractivity contribution in [3.05, 3.63) is 83.6 Å². The quantitative estimate of drug-likeness (QED) is 0.648. The number of nitrogens with zero attached hydrogens (tertiary/aromatic N) is 3. The number of aromatic nitrogens is 2. The molecule has 0 saturated heterocycles. The summed E-state index contributed by atoms with van der Waals surface area (Å²) < 4.78 is 1.90. The second-order valence-corrected chi connectivity index (χ2v) is 6.10. The number of carbonyl (C=O) groups is 1. The first kappa shape index (κ1) is 15.2. The summed E-state index contributed by atoms with van der Waals surface area (Å²) >= 11 is 1.65. The number of imidazole rings is 1. The standard InChI is InChI=1S/C18H17N3OS/c1-2-10-20(13-17-4-3-12-23-17)18(22)15-5-7-16(8-6-15)21-11-9-19-14-21/h2-9,11-12,14H,1,10,13H2. The molecule has 0 N–H and O–H groups in total. The Hall–Kier alpha value is -2.66. The van der Waals surface area contributed by atoms with Gasteiger partial charge in [0.1, 0.15) is 0 Å². The van der Waals surface area contributed by atoms with Gasteiger partial charge >= 0.3 is 0 Å². The fourth-order valence-electron chi connectivity index (χ4n) is 2.34. The van der Waals surface area contributed by atoms with E-state index in [1.807, 2.05) is 52.5 Å². The van der Waals surface area contributed by atoms with Gasteiger partial charge in [0.15, 0.2) is 0 Å². The predicted molar refractivity (Wildman–Crippen MR) is 92.8 cm³/mol. The average molecular weight is 323 g/mol. The van der Waals surface area contributed by atoms with Crippen LogP contribution < -0.4 is 0 Å². The number of hydrogen-bond acceptors (Lipinski definition) is 3. The molecule has 2 heterocycles. The van der Waals surface area contributed by atoms with E-state index in [1.54, 1.807) is 34.8 Å². The third kappa shape index (κ3) is 3.57. The maximum atomic E-state index is 12.7. The fourth-order valence-corrected chi connectivity index (χ4v) is 3.06. The van der Waals surface area contributed by atoms with Gasteiger partial charge in [-0.15, -0.1) is 17.9 Å². The molecule has 0 aliphatic rings. The first-order valence-electron chi connectivity index (χ1n) is 7.29. The topological polar surface area (TPSA) is 38.1 Å². The first-order chi connectivity index (χ1) is 11.3. The Balaban J connectivity index is 1.78. The van der Waals surface area contributed by atoms with Gasteiger partial charge in [0.25, 0.3) is 5.91 Å². The Morgan fingerprint density at radius 3 is 2.74 bits per heavy atom. The largest absolute Gasteiger partial charge is 0.330 e. The van der Waals surface area contributed by atoms with Crippen LogP contribution in [-0.2, 0) is 6.54 Å². The van der Waals surface area contributed by atoms with Crippen molar-refractivity contribution in [2.75, 3.05) is 6.54 Å². The van der Waals surface area contributed by atoms with E-state index in [2.05, 4.69) is 11.6 Å². The second kappa shape index (κ2) is 7.07. The predicted octanol–water partition coefficient (Wildman–Crippen LogP) is 3.76. The van der Waals surface area contributed by atoms with E-state index in [9.17, 15) is 4.79 Å². The number of amides is 1. The molecule has 23 heavy (non-hydrogen) atoms. The minimum Gasteiger partial charge on any atom is -0.330 e. The van der Waals surface area contributed by atoms with Gasteiger partial charge in [-0.3, -0.25) is 4.79 Å². The molecule has 0 unspecified atom stereocenters. The number of rotatable bonds is 6. The maximum Gasteiger partial charge on any atom is 0.254 e. The van der Waals surface area contributed by atoms with E-state index in [0.29, 0.717) is 18.7 Å².